The molecule has 3 heteroatoms. The van der Waals surface area contributed by atoms with Crippen molar-refractivity contribution in [2.24, 2.45) is 0 Å². The molecule has 0 saturated carbocycles. The van der Waals surface area contributed by atoms with Crippen LogP contribution in [-0.2, 0) is 0 Å². The molecule has 0 bridgehead atoms. The Labute approximate surface area is 120 Å². The van der Waals surface area contributed by atoms with Crippen LogP contribution in [0.15, 0.2) is 47.8 Å². The van der Waals surface area contributed by atoms with Crippen LogP contribution in [0.3, 0.4) is 0 Å². The number of nitrogens with one attached hydrogen (secondary N) is 1. The molecule has 1 heterocycles. The van der Waals surface area contributed by atoms with Crippen molar-refractivity contribution in [2.75, 3.05) is 20.6 Å². The number of hydrogen-bond acceptors (Lipinski definition) is 3. The Bertz CT molecular complexity index is 467. The molecule has 1 aromatic heterocycles. The summed E-state index contributed by atoms with van der Waals surface area (Å²) in [6, 6.07) is 15.9. The van der Waals surface area contributed by atoms with E-state index in [-0.39, 0.29) is 0 Å². The molecule has 102 valence electrons. The third kappa shape index (κ3) is 3.44. The Morgan fingerprint density at radius 2 is 1.89 bits per heavy atom. The van der Waals surface area contributed by atoms with E-state index in [2.05, 4.69) is 72.0 Å². The zero-order valence-electron chi connectivity index (χ0n) is 11.8. The maximum atomic E-state index is 3.31. The van der Waals surface area contributed by atoms with Gasteiger partial charge < -0.3 is 5.32 Å². The molecule has 2 nitrogen and oxygen atoms in total. The molecule has 1 N–H and O–H groups in total. The second-order valence-corrected chi connectivity index (χ2v) is 5.82. The van der Waals surface area contributed by atoms with Crippen LogP contribution in [0, 0.1) is 0 Å². The highest BCUT2D eigenvalue weighted by Gasteiger charge is 2.22. The molecular formula is C16H22N2S. The van der Waals surface area contributed by atoms with Gasteiger partial charge in [0, 0.05) is 23.5 Å². The first-order chi connectivity index (χ1) is 9.24. The molecule has 0 fully saturated rings. The van der Waals surface area contributed by atoms with Crippen LogP contribution in [0.5, 0.6) is 0 Å². The predicted octanol–water partition coefficient (Wildman–Crippen LogP) is 3.70. The molecule has 0 aliphatic heterocycles. The number of thiophene rings is 1. The molecule has 0 spiro atoms. The Kier molecular flexibility index (Phi) is 5.14. The molecular weight excluding hydrogens is 252 g/mol. The molecule has 0 amide bonds. The van der Waals surface area contributed by atoms with Crippen LogP contribution in [0.1, 0.15) is 29.4 Å². The highest BCUT2D eigenvalue weighted by Crippen LogP contribution is 2.30. The molecule has 2 unspecified atom stereocenters. The third-order valence-corrected chi connectivity index (χ3v) is 4.68. The summed E-state index contributed by atoms with van der Waals surface area (Å²) in [5.41, 5.74) is 1.36. The lowest BCUT2D eigenvalue weighted by atomic mass is 10.0. The average Bonchev–Trinajstić information content (AvgIpc) is 2.98. The third-order valence-electron chi connectivity index (χ3n) is 3.64. The maximum Gasteiger partial charge on any atom is 0.0475 e. The van der Waals surface area contributed by atoms with E-state index in [1.54, 1.807) is 0 Å². The summed E-state index contributed by atoms with van der Waals surface area (Å²) >= 11 is 1.83. The van der Waals surface area contributed by atoms with Crippen molar-refractivity contribution in [3.8, 4) is 0 Å². The van der Waals surface area contributed by atoms with Gasteiger partial charge in [0.15, 0.2) is 0 Å². The van der Waals surface area contributed by atoms with Crippen molar-refractivity contribution >= 4 is 11.3 Å². The first-order valence-electron chi connectivity index (χ1n) is 6.69. The van der Waals surface area contributed by atoms with E-state index in [0.29, 0.717) is 12.1 Å². The van der Waals surface area contributed by atoms with E-state index in [1.165, 1.54) is 10.4 Å². The predicted molar refractivity (Wildman–Crippen MR) is 83.6 cm³/mol. The van der Waals surface area contributed by atoms with Crippen LogP contribution in [-0.4, -0.2) is 25.5 Å². The molecule has 0 aliphatic rings. The minimum Gasteiger partial charge on any atom is -0.318 e. The van der Waals surface area contributed by atoms with Crippen LogP contribution in [0.2, 0.25) is 0 Å². The fourth-order valence-electron chi connectivity index (χ4n) is 2.37. The SMILES string of the molecule is CNCC(c1ccccc1)N(C)C(C)c1cccs1. The Hall–Kier alpha value is -1.16. The topological polar surface area (TPSA) is 15.3 Å². The van der Waals surface area contributed by atoms with Gasteiger partial charge in [-0.05, 0) is 38.0 Å². The fourth-order valence-corrected chi connectivity index (χ4v) is 3.20. The summed E-state index contributed by atoms with van der Waals surface area (Å²) in [5, 5.41) is 5.46. The highest BCUT2D eigenvalue weighted by molar-refractivity contribution is 7.10. The molecule has 2 aromatic rings. The molecule has 0 saturated heterocycles. The zero-order chi connectivity index (χ0) is 13.7. The summed E-state index contributed by atoms with van der Waals surface area (Å²) in [6.07, 6.45) is 0. The van der Waals surface area contributed by atoms with Gasteiger partial charge in [-0.25, -0.2) is 0 Å². The number of hydrogen-bond donors (Lipinski definition) is 1. The van der Waals surface area contributed by atoms with Gasteiger partial charge in [-0.1, -0.05) is 36.4 Å². The van der Waals surface area contributed by atoms with Gasteiger partial charge in [0.2, 0.25) is 0 Å². The first-order valence-corrected chi connectivity index (χ1v) is 7.57. The molecule has 2 atom stereocenters. The molecule has 1 aromatic carbocycles. The van der Waals surface area contributed by atoms with E-state index < -0.39 is 0 Å². The fraction of sp³-hybridized carbons (Fsp3) is 0.375. The van der Waals surface area contributed by atoms with Crippen LogP contribution >= 0.6 is 11.3 Å². The molecule has 19 heavy (non-hydrogen) atoms. The lowest BCUT2D eigenvalue weighted by molar-refractivity contribution is 0.186. The van der Waals surface area contributed by atoms with Gasteiger partial charge in [-0.15, -0.1) is 11.3 Å². The monoisotopic (exact) mass is 274 g/mol. The summed E-state index contributed by atoms with van der Waals surface area (Å²) in [7, 11) is 4.22. The molecule has 0 aliphatic carbocycles. The van der Waals surface area contributed by atoms with Crippen LogP contribution in [0.25, 0.3) is 0 Å². The van der Waals surface area contributed by atoms with Crippen LogP contribution < -0.4 is 5.32 Å². The Morgan fingerprint density at radius 3 is 2.47 bits per heavy atom. The molecule has 2 rings (SSSR count). The van der Waals surface area contributed by atoms with Gasteiger partial charge in [0.1, 0.15) is 0 Å². The van der Waals surface area contributed by atoms with E-state index in [4.69, 9.17) is 0 Å². The number of nitrogens with zero attached hydrogens (tertiary/aromatic N) is 1. The first kappa shape index (κ1) is 14.3. The quantitative estimate of drug-likeness (QED) is 0.864. The smallest absolute Gasteiger partial charge is 0.0475 e. The summed E-state index contributed by atoms with van der Waals surface area (Å²) in [5.74, 6) is 0. The highest BCUT2D eigenvalue weighted by atomic mass is 32.1. The maximum absolute atomic E-state index is 3.31. The zero-order valence-corrected chi connectivity index (χ0v) is 12.7. The van der Waals surface area contributed by atoms with Gasteiger partial charge in [-0.3, -0.25) is 4.90 Å². The van der Waals surface area contributed by atoms with Crippen molar-refractivity contribution in [3.63, 3.8) is 0 Å². The van der Waals surface area contributed by atoms with Crippen molar-refractivity contribution in [3.05, 3.63) is 58.3 Å². The average molecular weight is 274 g/mol. The van der Waals surface area contributed by atoms with Gasteiger partial charge in [0.05, 0.1) is 0 Å². The van der Waals surface area contributed by atoms with Crippen molar-refractivity contribution in [1.82, 2.24) is 10.2 Å². The van der Waals surface area contributed by atoms with Gasteiger partial charge in [-0.2, -0.15) is 0 Å². The molecule has 0 radical (unpaired) electrons. The van der Waals surface area contributed by atoms with Crippen molar-refractivity contribution in [2.45, 2.75) is 19.0 Å². The summed E-state index contributed by atoms with van der Waals surface area (Å²) in [6.45, 7) is 3.23. The minimum atomic E-state index is 0.392. The number of benzene rings is 1. The lowest BCUT2D eigenvalue weighted by Gasteiger charge is -2.33. The van der Waals surface area contributed by atoms with E-state index in [1.807, 2.05) is 18.4 Å². The second kappa shape index (κ2) is 6.85. The summed E-state index contributed by atoms with van der Waals surface area (Å²) < 4.78 is 0. The summed E-state index contributed by atoms with van der Waals surface area (Å²) in [4.78, 5) is 3.86. The second-order valence-electron chi connectivity index (χ2n) is 4.84. The van der Waals surface area contributed by atoms with Crippen molar-refractivity contribution in [1.29, 1.82) is 0 Å². The largest absolute Gasteiger partial charge is 0.318 e. The van der Waals surface area contributed by atoms with E-state index >= 15 is 0 Å². The minimum absolute atomic E-state index is 0.392. The standard InChI is InChI=1S/C16H22N2S/c1-13(16-10-7-11-19-16)18(3)15(12-17-2)14-8-5-4-6-9-14/h4-11,13,15,17H,12H2,1-3H3. The van der Waals surface area contributed by atoms with Gasteiger partial charge in [0.25, 0.3) is 0 Å². The number of rotatable bonds is 6. The van der Waals surface area contributed by atoms with Crippen molar-refractivity contribution < 1.29 is 0 Å². The van der Waals surface area contributed by atoms with E-state index in [0.717, 1.165) is 6.54 Å². The number of likely N-dealkylation sites (N-methyl/N-ethyl adjacent to an activating group) is 2. The van der Waals surface area contributed by atoms with Gasteiger partial charge >= 0.3 is 0 Å². The normalized spacial score (nSPS) is 14.5. The Morgan fingerprint density at radius 1 is 1.16 bits per heavy atom. The Balaban J connectivity index is 2.19. The van der Waals surface area contributed by atoms with E-state index in [9.17, 15) is 0 Å². The lowest BCUT2D eigenvalue weighted by Crippen LogP contribution is -2.33. The van der Waals surface area contributed by atoms with Crippen LogP contribution in [0.4, 0.5) is 0 Å².